The molecule has 0 N–H and O–H groups in total. The predicted molar refractivity (Wildman–Crippen MR) is 81.9 cm³/mol. The first-order valence-electron chi connectivity index (χ1n) is 6.93. The van der Waals surface area contributed by atoms with Crippen LogP contribution < -0.4 is 5.56 Å². The van der Waals surface area contributed by atoms with E-state index in [9.17, 15) is 4.79 Å². The average molecular weight is 271 g/mol. The Morgan fingerprint density at radius 1 is 1.20 bits per heavy atom. The standard InChI is InChI=1S/C16H21N3O/c1-4-13-12-15(14-8-6-5-7-9-14)17-19(16(13)20)11-10-18(2)3/h5-9,12H,4,10-11H2,1-3H3. The lowest BCUT2D eigenvalue weighted by Gasteiger charge is -2.13. The van der Waals surface area contributed by atoms with Crippen LogP contribution in [0.1, 0.15) is 12.5 Å². The maximum Gasteiger partial charge on any atom is 0.270 e. The number of aryl methyl sites for hydroxylation is 1. The van der Waals surface area contributed by atoms with E-state index in [0.717, 1.165) is 29.8 Å². The molecule has 0 spiro atoms. The van der Waals surface area contributed by atoms with Crippen molar-refractivity contribution in [2.45, 2.75) is 19.9 Å². The number of hydrogen-bond acceptors (Lipinski definition) is 3. The van der Waals surface area contributed by atoms with Gasteiger partial charge in [0.1, 0.15) is 0 Å². The second-order valence-corrected chi connectivity index (χ2v) is 5.11. The van der Waals surface area contributed by atoms with Crippen molar-refractivity contribution in [1.29, 1.82) is 0 Å². The van der Waals surface area contributed by atoms with E-state index in [4.69, 9.17) is 0 Å². The van der Waals surface area contributed by atoms with Gasteiger partial charge in [0.15, 0.2) is 0 Å². The van der Waals surface area contributed by atoms with Gasteiger partial charge in [0, 0.05) is 17.7 Å². The molecule has 106 valence electrons. The largest absolute Gasteiger partial charge is 0.308 e. The highest BCUT2D eigenvalue weighted by Crippen LogP contribution is 2.15. The third-order valence-corrected chi connectivity index (χ3v) is 3.26. The van der Waals surface area contributed by atoms with Crippen molar-refractivity contribution in [3.63, 3.8) is 0 Å². The Kier molecular flexibility index (Phi) is 4.69. The van der Waals surface area contributed by atoms with Gasteiger partial charge in [-0.2, -0.15) is 5.10 Å². The van der Waals surface area contributed by atoms with E-state index in [1.807, 2.05) is 57.4 Å². The lowest BCUT2D eigenvalue weighted by Crippen LogP contribution is -2.30. The lowest BCUT2D eigenvalue weighted by molar-refractivity contribution is 0.367. The molecular formula is C16H21N3O. The van der Waals surface area contributed by atoms with Crippen LogP contribution in [0, 0.1) is 0 Å². The molecule has 4 heteroatoms. The normalized spacial score (nSPS) is 11.0. The minimum Gasteiger partial charge on any atom is -0.308 e. The number of likely N-dealkylation sites (N-methyl/N-ethyl adjacent to an activating group) is 1. The highest BCUT2D eigenvalue weighted by atomic mass is 16.1. The zero-order valence-electron chi connectivity index (χ0n) is 12.3. The third kappa shape index (κ3) is 3.33. The Hall–Kier alpha value is -1.94. The first-order valence-corrected chi connectivity index (χ1v) is 6.93. The summed E-state index contributed by atoms with van der Waals surface area (Å²) in [7, 11) is 3.99. The number of hydrogen-bond donors (Lipinski definition) is 0. The zero-order valence-corrected chi connectivity index (χ0v) is 12.3. The number of nitrogens with zero attached hydrogens (tertiary/aromatic N) is 3. The van der Waals surface area contributed by atoms with Crippen molar-refractivity contribution in [2.24, 2.45) is 0 Å². The Bertz CT molecular complexity index is 617. The van der Waals surface area contributed by atoms with E-state index < -0.39 is 0 Å². The molecule has 2 rings (SSSR count). The molecule has 0 saturated heterocycles. The molecule has 0 bridgehead atoms. The molecule has 2 aromatic rings. The van der Waals surface area contributed by atoms with Gasteiger partial charge in [-0.15, -0.1) is 0 Å². The first kappa shape index (κ1) is 14.5. The zero-order chi connectivity index (χ0) is 14.5. The molecule has 0 fully saturated rings. The summed E-state index contributed by atoms with van der Waals surface area (Å²) in [6, 6.07) is 11.9. The topological polar surface area (TPSA) is 38.1 Å². The van der Waals surface area contributed by atoms with E-state index in [1.165, 1.54) is 0 Å². The van der Waals surface area contributed by atoms with E-state index in [-0.39, 0.29) is 5.56 Å². The smallest absolute Gasteiger partial charge is 0.270 e. The van der Waals surface area contributed by atoms with Crippen molar-refractivity contribution < 1.29 is 0 Å². The fraction of sp³-hybridized carbons (Fsp3) is 0.375. The monoisotopic (exact) mass is 271 g/mol. The Balaban J connectivity index is 2.44. The minimum atomic E-state index is 0.0223. The van der Waals surface area contributed by atoms with E-state index >= 15 is 0 Å². The van der Waals surface area contributed by atoms with Crippen LogP contribution in [0.5, 0.6) is 0 Å². The molecule has 1 aromatic heterocycles. The summed E-state index contributed by atoms with van der Waals surface area (Å²) >= 11 is 0. The van der Waals surface area contributed by atoms with Crippen molar-refractivity contribution >= 4 is 0 Å². The van der Waals surface area contributed by atoms with Gasteiger partial charge in [-0.1, -0.05) is 37.3 Å². The average Bonchev–Trinajstić information content (AvgIpc) is 2.47. The molecule has 0 radical (unpaired) electrons. The molecule has 1 heterocycles. The molecule has 1 aromatic carbocycles. The van der Waals surface area contributed by atoms with Gasteiger partial charge in [0.2, 0.25) is 0 Å². The van der Waals surface area contributed by atoms with Crippen LogP contribution in [-0.2, 0) is 13.0 Å². The van der Waals surface area contributed by atoms with Crippen LogP contribution in [-0.4, -0.2) is 35.3 Å². The van der Waals surface area contributed by atoms with Crippen LogP contribution in [0.15, 0.2) is 41.2 Å². The van der Waals surface area contributed by atoms with Crippen LogP contribution in [0.4, 0.5) is 0 Å². The maximum absolute atomic E-state index is 12.3. The molecule has 0 amide bonds. The van der Waals surface area contributed by atoms with Crippen LogP contribution in [0.25, 0.3) is 11.3 Å². The molecule has 20 heavy (non-hydrogen) atoms. The van der Waals surface area contributed by atoms with Crippen LogP contribution in [0.2, 0.25) is 0 Å². The van der Waals surface area contributed by atoms with Gasteiger partial charge in [0.05, 0.1) is 12.2 Å². The highest BCUT2D eigenvalue weighted by molar-refractivity contribution is 5.58. The molecule has 0 atom stereocenters. The van der Waals surface area contributed by atoms with Gasteiger partial charge in [-0.3, -0.25) is 4.79 Å². The van der Waals surface area contributed by atoms with E-state index in [1.54, 1.807) is 4.68 Å². The fourth-order valence-corrected chi connectivity index (χ4v) is 2.05. The molecule has 0 unspecified atom stereocenters. The summed E-state index contributed by atoms with van der Waals surface area (Å²) in [6.07, 6.45) is 0.725. The SMILES string of the molecule is CCc1cc(-c2ccccc2)nn(CCN(C)C)c1=O. The summed E-state index contributed by atoms with van der Waals surface area (Å²) < 4.78 is 1.58. The maximum atomic E-state index is 12.3. The highest BCUT2D eigenvalue weighted by Gasteiger charge is 2.08. The van der Waals surface area contributed by atoms with Crippen LogP contribution >= 0.6 is 0 Å². The summed E-state index contributed by atoms with van der Waals surface area (Å²) in [5, 5.41) is 4.50. The Labute approximate surface area is 119 Å². The van der Waals surface area contributed by atoms with Crippen molar-refractivity contribution in [2.75, 3.05) is 20.6 Å². The van der Waals surface area contributed by atoms with Gasteiger partial charge in [-0.25, -0.2) is 4.68 Å². The fourth-order valence-electron chi connectivity index (χ4n) is 2.05. The molecule has 0 aliphatic carbocycles. The molecule has 0 saturated carbocycles. The van der Waals surface area contributed by atoms with E-state index in [2.05, 4.69) is 10.00 Å². The van der Waals surface area contributed by atoms with Crippen molar-refractivity contribution in [1.82, 2.24) is 14.7 Å². The molecule has 0 aliphatic rings. The van der Waals surface area contributed by atoms with Gasteiger partial charge in [-0.05, 0) is 26.6 Å². The molecule has 0 aliphatic heterocycles. The van der Waals surface area contributed by atoms with Gasteiger partial charge >= 0.3 is 0 Å². The Morgan fingerprint density at radius 2 is 1.90 bits per heavy atom. The summed E-state index contributed by atoms with van der Waals surface area (Å²) in [4.78, 5) is 14.3. The number of aromatic nitrogens is 2. The predicted octanol–water partition coefficient (Wildman–Crippen LogP) is 2.03. The summed E-state index contributed by atoms with van der Waals surface area (Å²) in [5.74, 6) is 0. The number of benzene rings is 1. The van der Waals surface area contributed by atoms with Gasteiger partial charge in [0.25, 0.3) is 5.56 Å². The van der Waals surface area contributed by atoms with E-state index in [0.29, 0.717) is 6.54 Å². The first-order chi connectivity index (χ1) is 9.61. The second-order valence-electron chi connectivity index (χ2n) is 5.11. The summed E-state index contributed by atoms with van der Waals surface area (Å²) in [6.45, 7) is 3.41. The van der Waals surface area contributed by atoms with Crippen molar-refractivity contribution in [3.8, 4) is 11.3 Å². The minimum absolute atomic E-state index is 0.0223. The third-order valence-electron chi connectivity index (χ3n) is 3.26. The lowest BCUT2D eigenvalue weighted by atomic mass is 10.1. The van der Waals surface area contributed by atoms with Gasteiger partial charge < -0.3 is 4.90 Å². The Morgan fingerprint density at radius 3 is 2.50 bits per heavy atom. The number of rotatable bonds is 5. The molecular weight excluding hydrogens is 250 g/mol. The quantitative estimate of drug-likeness (QED) is 0.835. The van der Waals surface area contributed by atoms with Crippen LogP contribution in [0.3, 0.4) is 0 Å². The summed E-state index contributed by atoms with van der Waals surface area (Å²) in [5.41, 5.74) is 2.74. The van der Waals surface area contributed by atoms with Crippen molar-refractivity contribution in [3.05, 3.63) is 52.3 Å². The second kappa shape index (κ2) is 6.48. The molecule has 4 nitrogen and oxygen atoms in total.